The summed E-state index contributed by atoms with van der Waals surface area (Å²) in [5.74, 6) is -0.372. The fourth-order valence-electron chi connectivity index (χ4n) is 2.60. The first-order chi connectivity index (χ1) is 10.7. The Labute approximate surface area is 136 Å². The number of piperidine rings is 1. The summed E-state index contributed by atoms with van der Waals surface area (Å²) in [5.41, 5.74) is -0.999. The molecule has 0 bridgehead atoms. The Morgan fingerprint density at radius 2 is 2.22 bits per heavy atom. The first kappa shape index (κ1) is 17.1. The Morgan fingerprint density at radius 3 is 2.83 bits per heavy atom. The molecule has 0 spiro atoms. The van der Waals surface area contributed by atoms with Gasteiger partial charge in [0, 0.05) is 12.2 Å². The number of halogens is 1. The number of hydrogen-bond acceptors (Lipinski definition) is 4. The second-order valence-corrected chi connectivity index (χ2v) is 6.83. The number of hydrogen-bond donors (Lipinski definition) is 1. The molecule has 0 radical (unpaired) electrons. The smallest absolute Gasteiger partial charge is 0.410 e. The van der Waals surface area contributed by atoms with Gasteiger partial charge in [-0.25, -0.2) is 9.18 Å². The van der Waals surface area contributed by atoms with Crippen molar-refractivity contribution in [2.75, 3.05) is 18.4 Å². The summed E-state index contributed by atoms with van der Waals surface area (Å²) in [6.07, 6.45) is 0.826. The van der Waals surface area contributed by atoms with Crippen LogP contribution in [0.1, 0.15) is 33.6 Å². The zero-order valence-electron chi connectivity index (χ0n) is 13.7. The average molecular weight is 319 g/mol. The molecule has 6 heteroatoms. The number of anilines is 1. The maximum atomic E-state index is 13.3. The van der Waals surface area contributed by atoms with Crippen LogP contribution in [-0.4, -0.2) is 35.2 Å². The second kappa shape index (κ2) is 6.45. The Balaban J connectivity index is 2.13. The fraction of sp³-hybridized carbons (Fsp3) is 0.529. The van der Waals surface area contributed by atoms with Crippen LogP contribution in [0, 0.1) is 17.1 Å². The molecular weight excluding hydrogens is 297 g/mol. The van der Waals surface area contributed by atoms with Gasteiger partial charge in [-0.15, -0.1) is 0 Å². The van der Waals surface area contributed by atoms with E-state index in [9.17, 15) is 14.4 Å². The van der Waals surface area contributed by atoms with Crippen LogP contribution in [0.2, 0.25) is 0 Å². The number of nitriles is 1. The highest BCUT2D eigenvalue weighted by molar-refractivity contribution is 5.69. The van der Waals surface area contributed by atoms with Crippen molar-refractivity contribution in [3.8, 4) is 6.07 Å². The lowest BCUT2D eigenvalue weighted by molar-refractivity contribution is 0.0181. The molecule has 1 aromatic rings. The molecule has 1 aliphatic heterocycles. The van der Waals surface area contributed by atoms with E-state index in [-0.39, 0.29) is 12.4 Å². The van der Waals surface area contributed by atoms with Gasteiger partial charge in [-0.1, -0.05) is 6.07 Å². The van der Waals surface area contributed by atoms with Crippen molar-refractivity contribution >= 4 is 11.8 Å². The van der Waals surface area contributed by atoms with Gasteiger partial charge in [0.25, 0.3) is 0 Å². The second-order valence-electron chi connectivity index (χ2n) is 6.83. The Kier molecular flexibility index (Phi) is 4.79. The Morgan fingerprint density at radius 1 is 1.48 bits per heavy atom. The molecule has 1 saturated heterocycles. The molecule has 0 saturated carbocycles. The monoisotopic (exact) mass is 319 g/mol. The molecular formula is C17H22FN3O2. The zero-order chi connectivity index (χ0) is 17.1. The number of benzene rings is 1. The van der Waals surface area contributed by atoms with E-state index in [1.165, 1.54) is 17.0 Å². The van der Waals surface area contributed by atoms with E-state index in [0.29, 0.717) is 25.1 Å². The number of likely N-dealkylation sites (tertiary alicyclic amines) is 1. The Bertz CT molecular complexity index is 621. The van der Waals surface area contributed by atoms with Crippen molar-refractivity contribution in [1.29, 1.82) is 5.26 Å². The summed E-state index contributed by atoms with van der Waals surface area (Å²) < 4.78 is 18.7. The van der Waals surface area contributed by atoms with Gasteiger partial charge < -0.3 is 15.0 Å². The fourth-order valence-corrected chi connectivity index (χ4v) is 2.60. The maximum Gasteiger partial charge on any atom is 0.410 e. The normalized spacial score (nSPS) is 21.4. The van der Waals surface area contributed by atoms with E-state index in [0.717, 1.165) is 0 Å². The topological polar surface area (TPSA) is 65.4 Å². The molecule has 0 aliphatic carbocycles. The molecule has 1 amide bonds. The summed E-state index contributed by atoms with van der Waals surface area (Å²) in [6, 6.07) is 8.22. The quantitative estimate of drug-likeness (QED) is 0.905. The highest BCUT2D eigenvalue weighted by atomic mass is 19.1. The van der Waals surface area contributed by atoms with Gasteiger partial charge in [-0.05, 0) is 51.8 Å². The third-order valence-corrected chi connectivity index (χ3v) is 3.57. The van der Waals surface area contributed by atoms with E-state index in [2.05, 4.69) is 11.4 Å². The molecule has 5 nitrogen and oxygen atoms in total. The number of carbonyl (C=O) groups is 1. The summed E-state index contributed by atoms with van der Waals surface area (Å²) in [7, 11) is 0. The van der Waals surface area contributed by atoms with Crippen LogP contribution in [-0.2, 0) is 4.74 Å². The van der Waals surface area contributed by atoms with E-state index in [4.69, 9.17) is 4.74 Å². The van der Waals surface area contributed by atoms with Gasteiger partial charge in [-0.2, -0.15) is 5.26 Å². The molecule has 1 unspecified atom stereocenters. The van der Waals surface area contributed by atoms with Crippen molar-refractivity contribution in [3.05, 3.63) is 30.1 Å². The van der Waals surface area contributed by atoms with Gasteiger partial charge in [0.15, 0.2) is 0 Å². The van der Waals surface area contributed by atoms with Crippen molar-refractivity contribution < 1.29 is 13.9 Å². The summed E-state index contributed by atoms with van der Waals surface area (Å²) in [6.45, 7) is 6.16. The van der Waals surface area contributed by atoms with Crippen LogP contribution in [0.3, 0.4) is 0 Å². The van der Waals surface area contributed by atoms with E-state index in [1.807, 2.05) is 0 Å². The van der Waals surface area contributed by atoms with Gasteiger partial charge in [-0.3, -0.25) is 0 Å². The van der Waals surface area contributed by atoms with Crippen molar-refractivity contribution in [2.24, 2.45) is 0 Å². The third kappa shape index (κ3) is 4.59. The lowest BCUT2D eigenvalue weighted by Crippen LogP contribution is -2.54. The van der Waals surface area contributed by atoms with Crippen molar-refractivity contribution in [3.63, 3.8) is 0 Å². The van der Waals surface area contributed by atoms with Crippen LogP contribution in [0.15, 0.2) is 24.3 Å². The summed E-state index contributed by atoms with van der Waals surface area (Å²) >= 11 is 0. The first-order valence-electron chi connectivity index (χ1n) is 7.66. The zero-order valence-corrected chi connectivity index (χ0v) is 13.7. The maximum absolute atomic E-state index is 13.3. The molecule has 1 aromatic carbocycles. The summed E-state index contributed by atoms with van der Waals surface area (Å²) in [5, 5.41) is 12.7. The molecule has 1 aliphatic rings. The largest absolute Gasteiger partial charge is 0.444 e. The standard InChI is InChI=1S/C17H22FN3O2/c1-16(2,3)23-15(22)21-9-5-8-17(11-19,12-21)20-14-7-4-6-13(18)10-14/h4,6-7,10,20H,5,8-9,12H2,1-3H3. The lowest BCUT2D eigenvalue weighted by atomic mass is 9.90. The predicted octanol–water partition coefficient (Wildman–Crippen LogP) is 3.53. The molecule has 124 valence electrons. The van der Waals surface area contributed by atoms with Crippen LogP contribution < -0.4 is 5.32 Å². The average Bonchev–Trinajstić information content (AvgIpc) is 2.46. The van der Waals surface area contributed by atoms with Crippen LogP contribution >= 0.6 is 0 Å². The minimum Gasteiger partial charge on any atom is -0.444 e. The highest BCUT2D eigenvalue weighted by Crippen LogP contribution is 2.27. The first-order valence-corrected chi connectivity index (χ1v) is 7.66. The predicted molar refractivity (Wildman–Crippen MR) is 85.4 cm³/mol. The summed E-state index contributed by atoms with van der Waals surface area (Å²) in [4.78, 5) is 13.8. The van der Waals surface area contributed by atoms with Gasteiger partial charge in [0.05, 0.1) is 12.6 Å². The van der Waals surface area contributed by atoms with E-state index in [1.54, 1.807) is 32.9 Å². The van der Waals surface area contributed by atoms with Crippen LogP contribution in [0.5, 0.6) is 0 Å². The molecule has 1 atom stereocenters. The number of rotatable bonds is 2. The minimum absolute atomic E-state index is 0.203. The van der Waals surface area contributed by atoms with Gasteiger partial charge >= 0.3 is 6.09 Å². The Hall–Kier alpha value is -2.29. The SMILES string of the molecule is CC(C)(C)OC(=O)N1CCCC(C#N)(Nc2cccc(F)c2)C1. The molecule has 1 fully saturated rings. The van der Waals surface area contributed by atoms with Crippen molar-refractivity contribution in [1.82, 2.24) is 4.90 Å². The van der Waals surface area contributed by atoms with E-state index >= 15 is 0 Å². The van der Waals surface area contributed by atoms with Crippen molar-refractivity contribution in [2.45, 2.75) is 44.8 Å². The molecule has 0 aromatic heterocycles. The minimum atomic E-state index is -0.942. The molecule has 2 rings (SSSR count). The third-order valence-electron chi connectivity index (χ3n) is 3.57. The number of carbonyl (C=O) groups excluding carboxylic acids is 1. The number of amides is 1. The van der Waals surface area contributed by atoms with Gasteiger partial charge in [0.2, 0.25) is 0 Å². The van der Waals surface area contributed by atoms with Crippen LogP contribution in [0.25, 0.3) is 0 Å². The highest BCUT2D eigenvalue weighted by Gasteiger charge is 2.38. The molecule has 1 N–H and O–H groups in total. The van der Waals surface area contributed by atoms with Gasteiger partial charge in [0.1, 0.15) is 17.0 Å². The number of nitrogens with one attached hydrogen (secondary N) is 1. The van der Waals surface area contributed by atoms with E-state index < -0.39 is 17.2 Å². The lowest BCUT2D eigenvalue weighted by Gasteiger charge is -2.39. The molecule has 23 heavy (non-hydrogen) atoms. The molecule has 1 heterocycles. The van der Waals surface area contributed by atoms with Crippen LogP contribution in [0.4, 0.5) is 14.9 Å². The number of ether oxygens (including phenoxy) is 1. The number of nitrogens with zero attached hydrogens (tertiary/aromatic N) is 2.